The average Bonchev–Trinajstić information content (AvgIpc) is 3.00. The molecule has 0 amide bonds. The monoisotopic (exact) mass is 599 g/mol. The van der Waals surface area contributed by atoms with Gasteiger partial charge in [0.15, 0.2) is 6.10 Å². The normalized spacial score (nSPS) is 10.2. The molecule has 5 heteroatoms. The molecule has 0 aromatic carbocycles. The highest BCUT2D eigenvalue weighted by Crippen LogP contribution is 2.21. The first-order chi connectivity index (χ1) is 21.4. The molecular formula is C39H53NO4. The number of carbonyl (C=O) groups excluding carboxylic acids is 2. The molecular weight excluding hydrogens is 546 g/mol. The van der Waals surface area contributed by atoms with Gasteiger partial charge in [-0.05, 0) is 111 Å². The first-order valence-electron chi connectivity index (χ1n) is 16.4. The highest BCUT2D eigenvalue weighted by atomic mass is 16.6. The Balaban J connectivity index is 5.27. The lowest BCUT2D eigenvalue weighted by atomic mass is 9.94. The van der Waals surface area contributed by atoms with Gasteiger partial charge < -0.3 is 14.4 Å². The molecule has 0 aromatic rings. The zero-order chi connectivity index (χ0) is 32.5. The molecule has 238 valence electrons. The molecule has 0 N–H and O–H groups in total. The number of carbonyl (C=O) groups is 2. The minimum Gasteiger partial charge on any atom is -0.460 e. The van der Waals surface area contributed by atoms with Crippen LogP contribution in [0.5, 0.6) is 0 Å². The van der Waals surface area contributed by atoms with E-state index in [1.807, 2.05) is 0 Å². The van der Waals surface area contributed by atoms with Crippen LogP contribution in [0.2, 0.25) is 0 Å². The second kappa shape index (κ2) is 30.7. The predicted molar refractivity (Wildman–Crippen MR) is 180 cm³/mol. The molecule has 0 saturated heterocycles. The van der Waals surface area contributed by atoms with Gasteiger partial charge in [0.2, 0.25) is 0 Å². The number of terminal acetylenes is 1. The van der Waals surface area contributed by atoms with Gasteiger partial charge in [0.25, 0.3) is 0 Å². The Morgan fingerprint density at radius 1 is 0.659 bits per heavy atom. The smallest absolute Gasteiger partial charge is 0.309 e. The van der Waals surface area contributed by atoms with Gasteiger partial charge in [0.1, 0.15) is 6.61 Å². The van der Waals surface area contributed by atoms with E-state index in [1.165, 1.54) is 38.5 Å². The Morgan fingerprint density at radius 2 is 1.16 bits per heavy atom. The minimum absolute atomic E-state index is 0.116. The van der Waals surface area contributed by atoms with Crippen LogP contribution in [0.4, 0.5) is 0 Å². The molecule has 0 spiro atoms. The lowest BCUT2D eigenvalue weighted by molar-refractivity contribution is -0.158. The summed E-state index contributed by atoms with van der Waals surface area (Å²) >= 11 is 0. The molecule has 1 atom stereocenters. The zero-order valence-corrected chi connectivity index (χ0v) is 27.7. The number of ether oxygens (including phenoxy) is 2. The number of esters is 2. The van der Waals surface area contributed by atoms with Crippen molar-refractivity contribution in [3.63, 3.8) is 0 Å². The zero-order valence-electron chi connectivity index (χ0n) is 27.7. The first kappa shape index (κ1) is 40.3. The van der Waals surface area contributed by atoms with E-state index in [-0.39, 0.29) is 24.5 Å². The summed E-state index contributed by atoms with van der Waals surface area (Å²) in [5.74, 6) is 27.0. The predicted octanol–water partition coefficient (Wildman–Crippen LogP) is 6.94. The van der Waals surface area contributed by atoms with Crippen LogP contribution in [0.1, 0.15) is 123 Å². The van der Waals surface area contributed by atoms with Crippen LogP contribution in [0, 0.1) is 77.5 Å². The Kier molecular flexibility index (Phi) is 28.1. The number of rotatable bonds is 23. The molecule has 0 aliphatic heterocycles. The van der Waals surface area contributed by atoms with Gasteiger partial charge in [0, 0.05) is 6.42 Å². The van der Waals surface area contributed by atoms with Crippen molar-refractivity contribution < 1.29 is 19.1 Å². The Labute approximate surface area is 269 Å². The topological polar surface area (TPSA) is 55.8 Å². The maximum atomic E-state index is 13.1. The van der Waals surface area contributed by atoms with Gasteiger partial charge in [-0.2, -0.15) is 0 Å². The minimum atomic E-state index is -0.893. The van der Waals surface area contributed by atoms with Crippen molar-refractivity contribution in [3.8, 4) is 71.5 Å². The number of hydrogen-bond acceptors (Lipinski definition) is 5. The molecule has 0 radical (unpaired) electrons. The second-order valence-corrected chi connectivity index (χ2v) is 11.1. The molecule has 44 heavy (non-hydrogen) atoms. The van der Waals surface area contributed by atoms with Crippen LogP contribution >= 0.6 is 0 Å². The summed E-state index contributed by atoms with van der Waals surface area (Å²) in [6, 6.07) is 0. The molecule has 0 saturated carbocycles. The Hall–Kier alpha value is -3.74. The number of unbranched alkanes of at least 4 members (excludes halogenated alkanes) is 11. The van der Waals surface area contributed by atoms with E-state index in [2.05, 4.69) is 98.0 Å². The van der Waals surface area contributed by atoms with Gasteiger partial charge in [-0.1, -0.05) is 90.9 Å². The van der Waals surface area contributed by atoms with E-state index in [0.717, 1.165) is 70.8 Å². The molecule has 0 aliphatic carbocycles. The van der Waals surface area contributed by atoms with Crippen molar-refractivity contribution in [1.82, 2.24) is 4.90 Å². The van der Waals surface area contributed by atoms with E-state index >= 15 is 0 Å². The molecule has 0 fully saturated rings. The molecule has 0 aliphatic rings. The summed E-state index contributed by atoms with van der Waals surface area (Å²) in [6.45, 7) is 5.31. The van der Waals surface area contributed by atoms with Crippen LogP contribution in [0.3, 0.4) is 0 Å². The number of hydrogen-bond donors (Lipinski definition) is 0. The fourth-order valence-corrected chi connectivity index (χ4v) is 4.39. The highest BCUT2D eigenvalue weighted by Gasteiger charge is 2.22. The van der Waals surface area contributed by atoms with Crippen molar-refractivity contribution in [2.45, 2.75) is 129 Å². The Bertz CT molecular complexity index is 1140. The Morgan fingerprint density at radius 3 is 1.70 bits per heavy atom. The maximum Gasteiger partial charge on any atom is 0.309 e. The fraction of sp³-hybridized carbons (Fsp3) is 0.641. The third kappa shape index (κ3) is 27.1. The van der Waals surface area contributed by atoms with Crippen molar-refractivity contribution in [2.24, 2.45) is 5.92 Å². The molecule has 5 nitrogen and oxygen atoms in total. The maximum absolute atomic E-state index is 13.1. The van der Waals surface area contributed by atoms with Gasteiger partial charge in [-0.3, -0.25) is 9.59 Å². The van der Waals surface area contributed by atoms with Gasteiger partial charge in [0.05, 0.1) is 5.92 Å². The summed E-state index contributed by atoms with van der Waals surface area (Å²) < 4.78 is 11.3. The van der Waals surface area contributed by atoms with Crippen molar-refractivity contribution in [1.29, 1.82) is 0 Å². The van der Waals surface area contributed by atoms with Crippen LogP contribution in [-0.4, -0.2) is 50.2 Å². The summed E-state index contributed by atoms with van der Waals surface area (Å²) in [4.78, 5) is 27.9. The quantitative estimate of drug-likeness (QED) is 0.0724. The average molecular weight is 600 g/mol. The molecule has 1 unspecified atom stereocenters. The largest absolute Gasteiger partial charge is 0.460 e. The van der Waals surface area contributed by atoms with Crippen molar-refractivity contribution in [2.75, 3.05) is 27.2 Å². The van der Waals surface area contributed by atoms with E-state index in [9.17, 15) is 9.59 Å². The lowest BCUT2D eigenvalue weighted by Gasteiger charge is -2.18. The lowest BCUT2D eigenvalue weighted by Crippen LogP contribution is -2.27. The number of nitrogens with zero attached hydrogens (tertiary/aromatic N) is 1. The summed E-state index contributed by atoms with van der Waals surface area (Å²) in [7, 11) is 4.11. The standard InChI is InChI=1S/C39H53NO4/c1-6-9-12-15-16-17-18-19-22-27-32-37(44-38(41)33-28-23-24-29-34-40(4)5)35-43-39(42)36(30-25-20-13-10-7-2)31-26-21-14-11-8-3/h1,36-37H,7-8,10-11,13-14,20-21,23-26,28-31,33-35H2,2-5H3. The SMILES string of the molecule is C#CC#CC#CC#CC#CC#CC(COC(=O)C(CCCCCCC)CCCCCCC)OC(=O)CCCCCCN(C)C. The van der Waals surface area contributed by atoms with Crippen LogP contribution in [0.25, 0.3) is 0 Å². The van der Waals surface area contributed by atoms with E-state index < -0.39 is 6.10 Å². The van der Waals surface area contributed by atoms with E-state index in [0.29, 0.717) is 6.42 Å². The van der Waals surface area contributed by atoms with Gasteiger partial charge in [-0.15, -0.1) is 6.42 Å². The molecule has 0 rings (SSSR count). The van der Waals surface area contributed by atoms with Gasteiger partial charge in [-0.25, -0.2) is 0 Å². The van der Waals surface area contributed by atoms with E-state index in [4.69, 9.17) is 15.9 Å². The van der Waals surface area contributed by atoms with Crippen molar-refractivity contribution >= 4 is 11.9 Å². The van der Waals surface area contributed by atoms with Gasteiger partial charge >= 0.3 is 11.9 Å². The third-order valence-electron chi connectivity index (χ3n) is 6.84. The molecule has 0 bridgehead atoms. The molecule has 0 aromatic heterocycles. The molecule has 0 heterocycles. The third-order valence-corrected chi connectivity index (χ3v) is 6.84. The fourth-order valence-electron chi connectivity index (χ4n) is 4.39. The van der Waals surface area contributed by atoms with Crippen molar-refractivity contribution in [3.05, 3.63) is 0 Å². The second-order valence-electron chi connectivity index (χ2n) is 11.1. The summed E-state index contributed by atoms with van der Waals surface area (Å²) in [5, 5.41) is 0. The highest BCUT2D eigenvalue weighted by molar-refractivity contribution is 5.72. The first-order valence-corrected chi connectivity index (χ1v) is 16.4. The summed E-state index contributed by atoms with van der Waals surface area (Å²) in [5.41, 5.74) is 0. The van der Waals surface area contributed by atoms with Crippen LogP contribution < -0.4 is 0 Å². The summed E-state index contributed by atoms with van der Waals surface area (Å²) in [6.07, 6.45) is 21.4. The van der Waals surface area contributed by atoms with E-state index in [1.54, 1.807) is 0 Å². The van der Waals surface area contributed by atoms with Crippen LogP contribution in [-0.2, 0) is 19.1 Å². The van der Waals surface area contributed by atoms with Crippen LogP contribution in [0.15, 0.2) is 0 Å².